The first-order valence-electron chi connectivity index (χ1n) is 8.26. The predicted molar refractivity (Wildman–Crippen MR) is 101 cm³/mol. The highest BCUT2D eigenvalue weighted by atomic mass is 28.2. The molecule has 1 unspecified atom stereocenters. The Hall–Kier alpha value is -1.47. The van der Waals surface area contributed by atoms with Crippen LogP contribution in [0.4, 0.5) is 0 Å². The van der Waals surface area contributed by atoms with Gasteiger partial charge in [0.1, 0.15) is 0 Å². The zero-order chi connectivity index (χ0) is 16.0. The average Bonchev–Trinajstić information content (AvgIpc) is 2.88. The first-order valence-corrected chi connectivity index (χ1v) is 10.8. The van der Waals surface area contributed by atoms with E-state index in [-0.39, 0.29) is 0 Å². The van der Waals surface area contributed by atoms with Gasteiger partial charge < -0.3 is 0 Å². The molecule has 3 aliphatic carbocycles. The van der Waals surface area contributed by atoms with Gasteiger partial charge in [-0.15, -0.1) is 0 Å². The zero-order valence-electron chi connectivity index (χ0n) is 14.7. The summed E-state index contributed by atoms with van der Waals surface area (Å²) in [5.74, 6) is 0.541. The molecule has 1 heteroatoms. The van der Waals surface area contributed by atoms with Gasteiger partial charge in [-0.2, -0.15) is 0 Å². The van der Waals surface area contributed by atoms with Crippen LogP contribution in [0, 0.1) is 5.92 Å². The monoisotopic (exact) mass is 306 g/mol. The summed E-state index contributed by atoms with van der Waals surface area (Å²) >= 11 is 0. The highest BCUT2D eigenvalue weighted by molar-refractivity contribution is 6.71. The van der Waals surface area contributed by atoms with Crippen molar-refractivity contribution >= 4 is 13.6 Å². The van der Waals surface area contributed by atoms with E-state index in [0.29, 0.717) is 5.92 Å². The Balaban J connectivity index is 2.16. The Labute approximate surface area is 136 Å². The molecule has 0 spiro atoms. The highest BCUT2D eigenvalue weighted by Crippen LogP contribution is 2.44. The maximum Gasteiger partial charge on any atom is 0.00826 e. The van der Waals surface area contributed by atoms with E-state index in [1.165, 1.54) is 33.4 Å². The van der Waals surface area contributed by atoms with Crippen molar-refractivity contribution in [2.75, 3.05) is 0 Å². The summed E-state index contributed by atoms with van der Waals surface area (Å²) < 4.78 is 0. The third-order valence-corrected chi connectivity index (χ3v) is 6.97. The zero-order valence-corrected chi connectivity index (χ0v) is 15.7. The van der Waals surface area contributed by atoms with Crippen molar-refractivity contribution in [1.82, 2.24) is 0 Å². The molecule has 0 heterocycles. The second-order valence-corrected chi connectivity index (χ2v) is 9.66. The minimum Gasteiger partial charge on any atom is -0.0660 e. The van der Waals surface area contributed by atoms with Crippen LogP contribution in [0.1, 0.15) is 34.1 Å². The van der Waals surface area contributed by atoms with Gasteiger partial charge in [-0.25, -0.2) is 0 Å². The van der Waals surface area contributed by atoms with Crippen molar-refractivity contribution in [2.24, 2.45) is 5.92 Å². The molecular weight excluding hydrogens is 280 g/mol. The van der Waals surface area contributed by atoms with Crippen molar-refractivity contribution in [3.8, 4) is 0 Å². The third-order valence-electron chi connectivity index (χ3n) is 5.22. The summed E-state index contributed by atoms with van der Waals surface area (Å²) in [6.45, 7) is 14.0. The van der Waals surface area contributed by atoms with Crippen LogP contribution in [0.5, 0.6) is 0 Å². The van der Waals surface area contributed by atoms with Crippen LogP contribution in [-0.4, -0.2) is 13.6 Å². The second kappa shape index (κ2) is 5.62. The molecule has 0 bridgehead atoms. The summed E-state index contributed by atoms with van der Waals surface area (Å²) in [6, 6.07) is 0. The number of hydrogen-bond donors (Lipinski definition) is 0. The van der Waals surface area contributed by atoms with Crippen LogP contribution < -0.4 is 0 Å². The van der Waals surface area contributed by atoms with Crippen LogP contribution in [-0.2, 0) is 0 Å². The molecular formula is C21H26Si. The van der Waals surface area contributed by atoms with Gasteiger partial charge in [-0.1, -0.05) is 66.7 Å². The minimum atomic E-state index is -0.420. The minimum absolute atomic E-state index is 0.420. The number of rotatable bonds is 1. The van der Waals surface area contributed by atoms with E-state index in [0.717, 1.165) is 6.42 Å². The van der Waals surface area contributed by atoms with E-state index in [9.17, 15) is 0 Å². The first kappa shape index (κ1) is 15.4. The quantitative estimate of drug-likeness (QED) is 0.557. The molecule has 22 heavy (non-hydrogen) atoms. The molecule has 0 amide bonds. The molecule has 0 N–H and O–H groups in total. The van der Waals surface area contributed by atoms with E-state index >= 15 is 0 Å². The lowest BCUT2D eigenvalue weighted by Crippen LogP contribution is -2.19. The van der Waals surface area contributed by atoms with Crippen molar-refractivity contribution in [3.63, 3.8) is 0 Å². The lowest BCUT2D eigenvalue weighted by molar-refractivity contribution is 0.941. The largest absolute Gasteiger partial charge is 0.0660 e. The van der Waals surface area contributed by atoms with E-state index < -0.39 is 8.41 Å². The van der Waals surface area contributed by atoms with Crippen molar-refractivity contribution < 1.29 is 0 Å². The van der Waals surface area contributed by atoms with Gasteiger partial charge in [0.15, 0.2) is 0 Å². The SMILES string of the molecule is CC1=CC2=CC=CC(=[Si](C)C)C(C)C2=C1C1=CC(C)=C(C)C1. The summed E-state index contributed by atoms with van der Waals surface area (Å²) in [7, 11) is -0.420. The fraction of sp³-hybridized carbons (Fsp3) is 0.381. The molecule has 0 aromatic heterocycles. The molecule has 0 nitrogen and oxygen atoms in total. The molecule has 3 rings (SSSR count). The Morgan fingerprint density at radius 2 is 1.82 bits per heavy atom. The summed E-state index contributed by atoms with van der Waals surface area (Å²) in [4.78, 5) is 0. The highest BCUT2D eigenvalue weighted by Gasteiger charge is 2.29. The van der Waals surface area contributed by atoms with Gasteiger partial charge in [-0.05, 0) is 55.1 Å². The number of allylic oxidation sites excluding steroid dienone is 12. The van der Waals surface area contributed by atoms with E-state index in [2.05, 4.69) is 71.2 Å². The van der Waals surface area contributed by atoms with Crippen LogP contribution in [0.15, 0.2) is 69.4 Å². The van der Waals surface area contributed by atoms with Crippen molar-refractivity contribution in [1.29, 1.82) is 0 Å². The molecule has 0 saturated heterocycles. The summed E-state index contributed by atoms with van der Waals surface area (Å²) in [5.41, 5.74) is 10.5. The fourth-order valence-electron chi connectivity index (χ4n) is 3.95. The summed E-state index contributed by atoms with van der Waals surface area (Å²) in [5, 5.41) is 1.65. The number of fused-ring (bicyclic) bond motifs is 1. The van der Waals surface area contributed by atoms with Crippen LogP contribution in [0.25, 0.3) is 0 Å². The third kappa shape index (κ3) is 2.42. The van der Waals surface area contributed by atoms with Crippen LogP contribution in [0.3, 0.4) is 0 Å². The molecule has 3 aliphatic rings. The molecule has 0 aromatic carbocycles. The van der Waals surface area contributed by atoms with Gasteiger partial charge in [0, 0.05) is 14.3 Å². The average molecular weight is 307 g/mol. The predicted octanol–water partition coefficient (Wildman–Crippen LogP) is 5.55. The Bertz CT molecular complexity index is 754. The topological polar surface area (TPSA) is 0 Å². The normalized spacial score (nSPS) is 24.4. The molecule has 0 radical (unpaired) electrons. The maximum absolute atomic E-state index is 2.41. The van der Waals surface area contributed by atoms with Crippen molar-refractivity contribution in [3.05, 3.63) is 69.4 Å². The Morgan fingerprint density at radius 1 is 1.09 bits per heavy atom. The standard InChI is InChI=1S/C21H26Si/c1-13-10-18(11-14(13)2)20-15(3)12-17-8-7-9-19(22(5)6)16(4)21(17)20/h7-10,12,16H,11H2,1-6H3. The Morgan fingerprint density at radius 3 is 2.41 bits per heavy atom. The van der Waals surface area contributed by atoms with Crippen LogP contribution >= 0.6 is 0 Å². The van der Waals surface area contributed by atoms with Gasteiger partial charge in [0.2, 0.25) is 0 Å². The molecule has 114 valence electrons. The lowest BCUT2D eigenvalue weighted by atomic mass is 9.87. The van der Waals surface area contributed by atoms with E-state index in [1.807, 2.05) is 0 Å². The van der Waals surface area contributed by atoms with Gasteiger partial charge in [0.25, 0.3) is 0 Å². The molecule has 0 aliphatic heterocycles. The molecule has 0 aromatic rings. The molecule has 0 fully saturated rings. The molecule has 1 atom stereocenters. The maximum atomic E-state index is 2.41. The fourth-order valence-corrected chi connectivity index (χ4v) is 5.39. The molecule has 0 saturated carbocycles. The van der Waals surface area contributed by atoms with E-state index in [1.54, 1.807) is 10.7 Å². The van der Waals surface area contributed by atoms with Gasteiger partial charge in [-0.3, -0.25) is 0 Å². The lowest BCUT2D eigenvalue weighted by Gasteiger charge is -2.20. The van der Waals surface area contributed by atoms with Gasteiger partial charge in [0.05, 0.1) is 0 Å². The van der Waals surface area contributed by atoms with E-state index in [4.69, 9.17) is 0 Å². The van der Waals surface area contributed by atoms with Gasteiger partial charge >= 0.3 is 0 Å². The number of hydrogen-bond acceptors (Lipinski definition) is 0. The first-order chi connectivity index (χ1) is 10.4. The summed E-state index contributed by atoms with van der Waals surface area (Å²) in [6.07, 6.45) is 12.9. The smallest absolute Gasteiger partial charge is 0.00826 e. The second-order valence-electron chi connectivity index (χ2n) is 7.08. The Kier molecular flexibility index (Phi) is 3.94. The van der Waals surface area contributed by atoms with Crippen molar-refractivity contribution in [2.45, 2.75) is 47.2 Å². The van der Waals surface area contributed by atoms with Crippen LogP contribution in [0.2, 0.25) is 13.1 Å².